The lowest BCUT2D eigenvalue weighted by Gasteiger charge is -2.32. The van der Waals surface area contributed by atoms with E-state index < -0.39 is 0 Å². The van der Waals surface area contributed by atoms with Gasteiger partial charge < -0.3 is 15.1 Å². The molecule has 158 valence electrons. The molecule has 0 unspecified atom stereocenters. The smallest absolute Gasteiger partial charge is 0.267 e. The van der Waals surface area contributed by atoms with E-state index in [9.17, 15) is 9.59 Å². The van der Waals surface area contributed by atoms with Crippen LogP contribution in [0.25, 0.3) is 0 Å². The Kier molecular flexibility index (Phi) is 6.45. The number of nitrogens with one attached hydrogen (secondary N) is 1. The van der Waals surface area contributed by atoms with E-state index in [0.29, 0.717) is 17.7 Å². The highest BCUT2D eigenvalue weighted by atomic mass is 16.2. The number of imide groups is 1. The number of anilines is 3. The fourth-order valence-corrected chi connectivity index (χ4v) is 4.15. The highest BCUT2D eigenvalue weighted by Crippen LogP contribution is 2.35. The standard InChI is InChI=1S/C24H30N4O2/c1-26-15-17-27(18-16-26)14-8-2-3-13-23(29)28-22-12-7-6-11-21(22)25-20-10-5-4-9-19(20)24(28)30/h4-7,9-12,25H,2-3,8,13-18H2,1H3. The van der Waals surface area contributed by atoms with Crippen molar-refractivity contribution in [3.8, 4) is 0 Å². The first kappa shape index (κ1) is 20.6. The zero-order valence-corrected chi connectivity index (χ0v) is 17.6. The van der Waals surface area contributed by atoms with Crippen molar-refractivity contribution in [2.45, 2.75) is 25.7 Å². The molecule has 2 heterocycles. The number of rotatable bonds is 6. The van der Waals surface area contributed by atoms with Gasteiger partial charge in [0.15, 0.2) is 0 Å². The van der Waals surface area contributed by atoms with Gasteiger partial charge in [0, 0.05) is 32.6 Å². The van der Waals surface area contributed by atoms with Crippen LogP contribution >= 0.6 is 0 Å². The van der Waals surface area contributed by atoms with Gasteiger partial charge in [-0.25, -0.2) is 4.90 Å². The maximum Gasteiger partial charge on any atom is 0.267 e. The van der Waals surface area contributed by atoms with Crippen molar-refractivity contribution in [3.05, 3.63) is 54.1 Å². The van der Waals surface area contributed by atoms with Crippen molar-refractivity contribution in [1.82, 2.24) is 9.80 Å². The molecule has 0 atom stereocenters. The van der Waals surface area contributed by atoms with Gasteiger partial charge in [-0.1, -0.05) is 30.7 Å². The number of benzene rings is 2. The van der Waals surface area contributed by atoms with Crippen LogP contribution in [0.5, 0.6) is 0 Å². The molecule has 4 rings (SSSR count). The molecule has 0 bridgehead atoms. The van der Waals surface area contributed by atoms with E-state index >= 15 is 0 Å². The number of para-hydroxylation sites is 3. The maximum atomic E-state index is 13.2. The van der Waals surface area contributed by atoms with E-state index in [1.165, 1.54) is 4.90 Å². The van der Waals surface area contributed by atoms with Gasteiger partial charge in [-0.05, 0) is 50.7 Å². The third-order valence-electron chi connectivity index (χ3n) is 5.99. The Morgan fingerprint density at radius 3 is 2.40 bits per heavy atom. The summed E-state index contributed by atoms with van der Waals surface area (Å²) in [5.41, 5.74) is 2.66. The molecule has 1 N–H and O–H groups in total. The second kappa shape index (κ2) is 9.41. The average molecular weight is 407 g/mol. The molecule has 2 amide bonds. The molecular formula is C24H30N4O2. The molecule has 2 aliphatic rings. The quantitative estimate of drug-likeness (QED) is 0.741. The van der Waals surface area contributed by atoms with Crippen molar-refractivity contribution in [2.24, 2.45) is 0 Å². The van der Waals surface area contributed by atoms with Gasteiger partial charge in [0.05, 0.1) is 22.6 Å². The molecule has 1 fully saturated rings. The number of carbonyl (C=O) groups is 2. The summed E-state index contributed by atoms with van der Waals surface area (Å²) in [6.07, 6.45) is 3.26. The number of hydrogen-bond acceptors (Lipinski definition) is 5. The van der Waals surface area contributed by atoms with Crippen molar-refractivity contribution in [3.63, 3.8) is 0 Å². The van der Waals surface area contributed by atoms with Gasteiger partial charge in [0.25, 0.3) is 5.91 Å². The van der Waals surface area contributed by atoms with Crippen LogP contribution < -0.4 is 10.2 Å². The van der Waals surface area contributed by atoms with Crippen LogP contribution in [0.3, 0.4) is 0 Å². The van der Waals surface area contributed by atoms with Crippen LogP contribution in [0.1, 0.15) is 36.0 Å². The Morgan fingerprint density at radius 1 is 0.900 bits per heavy atom. The lowest BCUT2D eigenvalue weighted by molar-refractivity contribution is -0.118. The summed E-state index contributed by atoms with van der Waals surface area (Å²) in [6, 6.07) is 14.9. The van der Waals surface area contributed by atoms with Gasteiger partial charge in [-0.15, -0.1) is 0 Å². The predicted molar refractivity (Wildman–Crippen MR) is 120 cm³/mol. The number of amides is 2. The third kappa shape index (κ3) is 4.55. The lowest BCUT2D eigenvalue weighted by Crippen LogP contribution is -2.44. The first-order valence-electron chi connectivity index (χ1n) is 10.9. The van der Waals surface area contributed by atoms with Gasteiger partial charge in [-0.2, -0.15) is 0 Å². The number of piperazine rings is 1. The van der Waals surface area contributed by atoms with Crippen molar-refractivity contribution in [1.29, 1.82) is 0 Å². The summed E-state index contributed by atoms with van der Waals surface area (Å²) in [4.78, 5) is 32.5. The molecule has 0 radical (unpaired) electrons. The van der Waals surface area contributed by atoms with Gasteiger partial charge >= 0.3 is 0 Å². The Morgan fingerprint density at radius 2 is 1.60 bits per heavy atom. The zero-order valence-electron chi connectivity index (χ0n) is 17.6. The minimum absolute atomic E-state index is 0.134. The fraction of sp³-hybridized carbons (Fsp3) is 0.417. The van der Waals surface area contributed by atoms with Crippen molar-refractivity contribution < 1.29 is 9.59 Å². The number of fused-ring (bicyclic) bond motifs is 2. The largest absolute Gasteiger partial charge is 0.353 e. The average Bonchev–Trinajstić information content (AvgIpc) is 2.88. The number of hydrogen-bond donors (Lipinski definition) is 1. The predicted octanol–water partition coefficient (Wildman–Crippen LogP) is 3.72. The van der Waals surface area contributed by atoms with Crippen molar-refractivity contribution >= 4 is 28.9 Å². The second-order valence-electron chi connectivity index (χ2n) is 8.18. The summed E-state index contributed by atoms with van der Waals surface area (Å²) < 4.78 is 0. The van der Waals surface area contributed by atoms with Crippen LogP contribution in [0, 0.1) is 0 Å². The Balaban J connectivity index is 1.37. The summed E-state index contributed by atoms with van der Waals surface area (Å²) in [6.45, 7) is 5.60. The number of carbonyl (C=O) groups excluding carboxylic acids is 2. The van der Waals surface area contributed by atoms with E-state index in [1.807, 2.05) is 42.5 Å². The fourth-order valence-electron chi connectivity index (χ4n) is 4.15. The highest BCUT2D eigenvalue weighted by Gasteiger charge is 2.30. The van der Waals surface area contributed by atoms with E-state index in [1.54, 1.807) is 6.07 Å². The summed E-state index contributed by atoms with van der Waals surface area (Å²) >= 11 is 0. The second-order valence-corrected chi connectivity index (χ2v) is 8.18. The monoisotopic (exact) mass is 406 g/mol. The summed E-state index contributed by atoms with van der Waals surface area (Å²) in [5, 5.41) is 3.31. The van der Waals surface area contributed by atoms with E-state index in [4.69, 9.17) is 0 Å². The summed E-state index contributed by atoms with van der Waals surface area (Å²) in [5.74, 6) is -0.393. The number of unbranched alkanes of at least 4 members (excludes halogenated alkanes) is 2. The number of nitrogens with zero attached hydrogens (tertiary/aromatic N) is 3. The molecule has 6 heteroatoms. The molecule has 2 aliphatic heterocycles. The minimum atomic E-state index is -0.259. The Hall–Kier alpha value is -2.70. The molecular weight excluding hydrogens is 376 g/mol. The Labute approximate surface area is 178 Å². The van der Waals surface area contributed by atoms with Gasteiger partial charge in [0.1, 0.15) is 0 Å². The highest BCUT2D eigenvalue weighted by molar-refractivity contribution is 6.25. The van der Waals surface area contributed by atoms with Crippen LogP contribution in [-0.4, -0.2) is 61.4 Å². The molecule has 30 heavy (non-hydrogen) atoms. The van der Waals surface area contributed by atoms with Gasteiger partial charge in [0.2, 0.25) is 5.91 Å². The molecule has 2 aromatic carbocycles. The van der Waals surface area contributed by atoms with Gasteiger partial charge in [-0.3, -0.25) is 9.59 Å². The molecule has 6 nitrogen and oxygen atoms in total. The molecule has 0 spiro atoms. The van der Waals surface area contributed by atoms with Crippen LogP contribution in [-0.2, 0) is 4.79 Å². The minimum Gasteiger partial charge on any atom is -0.353 e. The summed E-state index contributed by atoms with van der Waals surface area (Å²) in [7, 11) is 2.17. The molecule has 0 saturated carbocycles. The number of likely N-dealkylation sites (N-methyl/N-ethyl adjacent to an activating group) is 1. The van der Waals surface area contributed by atoms with E-state index in [-0.39, 0.29) is 11.8 Å². The van der Waals surface area contributed by atoms with E-state index in [0.717, 1.165) is 63.4 Å². The maximum absolute atomic E-state index is 13.2. The molecule has 2 aromatic rings. The topological polar surface area (TPSA) is 55.9 Å². The third-order valence-corrected chi connectivity index (χ3v) is 5.99. The van der Waals surface area contributed by atoms with E-state index in [2.05, 4.69) is 22.2 Å². The first-order chi connectivity index (χ1) is 14.6. The molecule has 0 aromatic heterocycles. The zero-order chi connectivity index (χ0) is 20.9. The molecule has 0 aliphatic carbocycles. The van der Waals surface area contributed by atoms with Crippen LogP contribution in [0.15, 0.2) is 48.5 Å². The van der Waals surface area contributed by atoms with Crippen LogP contribution in [0.4, 0.5) is 17.1 Å². The lowest BCUT2D eigenvalue weighted by atomic mass is 10.1. The normalized spacial score (nSPS) is 17.1. The molecule has 1 saturated heterocycles. The SMILES string of the molecule is CN1CCN(CCCCCC(=O)N2C(=O)c3ccccc3Nc3ccccc32)CC1. The van der Waals surface area contributed by atoms with Crippen LogP contribution in [0.2, 0.25) is 0 Å². The van der Waals surface area contributed by atoms with Crippen molar-refractivity contribution in [2.75, 3.05) is 50.0 Å². The first-order valence-corrected chi connectivity index (χ1v) is 10.9. The Bertz CT molecular complexity index is 906.